The van der Waals surface area contributed by atoms with E-state index < -0.39 is 22.6 Å². The number of thioether (sulfide) groups is 1. The van der Waals surface area contributed by atoms with Crippen molar-refractivity contribution in [2.45, 2.75) is 55.1 Å². The predicted molar refractivity (Wildman–Crippen MR) is 137 cm³/mol. The van der Waals surface area contributed by atoms with Crippen molar-refractivity contribution in [3.8, 4) is 0 Å². The summed E-state index contributed by atoms with van der Waals surface area (Å²) in [4.78, 5) is 44.5. The summed E-state index contributed by atoms with van der Waals surface area (Å²) in [5, 5.41) is 9.60. The highest BCUT2D eigenvalue weighted by molar-refractivity contribution is 8.02. The number of fused-ring (bicyclic) bond motifs is 1. The number of amides is 2. The second-order valence-corrected chi connectivity index (χ2v) is 11.3. The molecule has 7 nitrogen and oxygen atoms in total. The summed E-state index contributed by atoms with van der Waals surface area (Å²) < 4.78 is 4.70. The molecule has 35 heavy (non-hydrogen) atoms. The van der Waals surface area contributed by atoms with Crippen LogP contribution in [0.25, 0.3) is 0 Å². The van der Waals surface area contributed by atoms with Gasteiger partial charge in [-0.1, -0.05) is 29.8 Å². The molecule has 1 N–H and O–H groups in total. The molecule has 3 heterocycles. The number of ether oxygens (including phenoxy) is 1. The summed E-state index contributed by atoms with van der Waals surface area (Å²) >= 11 is 8.10. The molecule has 3 fully saturated rings. The fourth-order valence-electron chi connectivity index (χ4n) is 6.00. The highest BCUT2D eigenvalue weighted by atomic mass is 35.5. The van der Waals surface area contributed by atoms with Gasteiger partial charge >= 0.3 is 5.97 Å². The normalized spacial score (nSPS) is 28.8. The molecule has 190 valence electrons. The van der Waals surface area contributed by atoms with Gasteiger partial charge in [0.25, 0.3) is 5.91 Å². The van der Waals surface area contributed by atoms with Crippen molar-refractivity contribution in [2.75, 3.05) is 31.2 Å². The van der Waals surface area contributed by atoms with E-state index in [0.29, 0.717) is 36.5 Å². The second-order valence-electron chi connectivity index (χ2n) is 9.31. The minimum Gasteiger partial charge on any atom is -0.466 e. The molecule has 3 aliphatic rings. The van der Waals surface area contributed by atoms with Gasteiger partial charge in [0.1, 0.15) is 6.04 Å². The Hall–Kier alpha value is -2.03. The second kappa shape index (κ2) is 10.9. The van der Waals surface area contributed by atoms with Gasteiger partial charge in [-0.2, -0.15) is 0 Å². The van der Waals surface area contributed by atoms with Crippen LogP contribution < -0.4 is 4.90 Å². The van der Waals surface area contributed by atoms with Gasteiger partial charge in [0.15, 0.2) is 0 Å². The highest BCUT2D eigenvalue weighted by Gasteiger charge is 2.74. The minimum atomic E-state index is -0.709. The van der Waals surface area contributed by atoms with Crippen LogP contribution in [0.3, 0.4) is 0 Å². The van der Waals surface area contributed by atoms with E-state index in [0.717, 1.165) is 12.8 Å². The first-order chi connectivity index (χ1) is 16.9. The van der Waals surface area contributed by atoms with Gasteiger partial charge in [-0.15, -0.1) is 18.3 Å². The summed E-state index contributed by atoms with van der Waals surface area (Å²) in [5.41, 5.74) is 0.575. The third kappa shape index (κ3) is 4.49. The van der Waals surface area contributed by atoms with E-state index in [9.17, 15) is 19.5 Å². The largest absolute Gasteiger partial charge is 0.466 e. The highest BCUT2D eigenvalue weighted by Crippen LogP contribution is 2.66. The van der Waals surface area contributed by atoms with Crippen molar-refractivity contribution in [3.63, 3.8) is 0 Å². The fourth-order valence-corrected chi connectivity index (χ4v) is 8.44. The number of aliphatic hydroxyl groups excluding tert-OH is 1. The van der Waals surface area contributed by atoms with Crippen LogP contribution >= 0.6 is 23.4 Å². The first-order valence-electron chi connectivity index (χ1n) is 12.3. The number of hydrogen-bond donors (Lipinski definition) is 1. The molecule has 5 atom stereocenters. The molecule has 1 aromatic carbocycles. The van der Waals surface area contributed by atoms with Gasteiger partial charge in [0.2, 0.25) is 5.91 Å². The Bertz CT molecular complexity index is 990. The minimum absolute atomic E-state index is 0.0250. The average Bonchev–Trinajstić information content (AvgIpc) is 3.48. The summed E-state index contributed by atoms with van der Waals surface area (Å²) in [7, 11) is 0. The number of hydrogen-bond acceptors (Lipinski definition) is 6. The number of unbranched alkanes of at least 4 members (excludes halogenated alkanes) is 2. The third-order valence-corrected chi connectivity index (χ3v) is 9.64. The van der Waals surface area contributed by atoms with Crippen molar-refractivity contribution in [2.24, 2.45) is 11.8 Å². The van der Waals surface area contributed by atoms with Crippen LogP contribution in [0.2, 0.25) is 5.02 Å². The summed E-state index contributed by atoms with van der Waals surface area (Å²) in [6.45, 7) is 6.59. The maximum atomic E-state index is 14.3. The lowest BCUT2D eigenvalue weighted by atomic mass is 9.71. The van der Waals surface area contributed by atoms with Gasteiger partial charge in [-0.3, -0.25) is 14.4 Å². The molecule has 3 aliphatic heterocycles. The molecular formula is C26H33ClN2O5S. The van der Waals surface area contributed by atoms with E-state index in [1.54, 1.807) is 46.7 Å². The molecule has 0 aromatic heterocycles. The zero-order chi connectivity index (χ0) is 25.2. The lowest BCUT2D eigenvalue weighted by Crippen LogP contribution is -2.55. The Labute approximate surface area is 215 Å². The summed E-state index contributed by atoms with van der Waals surface area (Å²) in [6.07, 6.45) is 5.18. The molecule has 4 rings (SSSR count). The number of nitrogens with zero attached hydrogens (tertiary/aromatic N) is 2. The van der Waals surface area contributed by atoms with E-state index in [4.69, 9.17) is 16.3 Å². The average molecular weight is 521 g/mol. The number of benzene rings is 1. The molecule has 2 unspecified atom stereocenters. The van der Waals surface area contributed by atoms with Crippen molar-refractivity contribution in [1.82, 2.24) is 4.90 Å². The lowest BCUT2D eigenvalue weighted by Gasteiger charge is -2.37. The third-order valence-electron chi connectivity index (χ3n) is 7.37. The van der Waals surface area contributed by atoms with Crippen LogP contribution in [0.1, 0.15) is 39.0 Å². The molecule has 9 heteroatoms. The zero-order valence-corrected chi connectivity index (χ0v) is 21.6. The summed E-state index contributed by atoms with van der Waals surface area (Å²) in [6, 6.07) is 6.45. The predicted octanol–water partition coefficient (Wildman–Crippen LogP) is 3.68. The van der Waals surface area contributed by atoms with E-state index >= 15 is 0 Å². The van der Waals surface area contributed by atoms with Gasteiger partial charge in [-0.05, 0) is 51.2 Å². The smallest absolute Gasteiger partial charge is 0.310 e. The number of rotatable bonds is 11. The van der Waals surface area contributed by atoms with E-state index in [1.165, 1.54) is 0 Å². The first kappa shape index (κ1) is 26.0. The van der Waals surface area contributed by atoms with E-state index in [2.05, 4.69) is 6.58 Å². The maximum absolute atomic E-state index is 14.3. The van der Waals surface area contributed by atoms with Crippen LogP contribution in [0.5, 0.6) is 0 Å². The van der Waals surface area contributed by atoms with E-state index in [-0.39, 0.29) is 42.8 Å². The standard InChI is InChI=1S/C26H33ClN2O5S/c1-3-14-28(18-11-7-6-10-17(18)27)24(32)22-26-13-12-19(35-26)20(25(33)34-4-2)21(26)23(31)29(22)15-8-5-9-16-30/h3,6-7,10-11,19-22,30H,1,4-5,8-9,12-16H2,2H3/t19-,20+,21+,22?,26?/m1/s1. The number of carbonyl (C=O) groups excluding carboxylic acids is 3. The van der Waals surface area contributed by atoms with Crippen LogP contribution in [-0.2, 0) is 19.1 Å². The fraction of sp³-hybridized carbons (Fsp3) is 0.577. The van der Waals surface area contributed by atoms with Crippen LogP contribution in [0, 0.1) is 11.8 Å². The monoisotopic (exact) mass is 520 g/mol. The van der Waals surface area contributed by atoms with Gasteiger partial charge in [0, 0.05) is 24.9 Å². The molecule has 0 saturated carbocycles. The first-order valence-corrected chi connectivity index (χ1v) is 13.6. The zero-order valence-electron chi connectivity index (χ0n) is 20.0. The SMILES string of the molecule is C=CCN(C(=O)C1N(CCCCCO)C(=O)[C@@H]2[C@@H](C(=O)OCC)[C@H]3CCC12S3)c1ccccc1Cl. The molecule has 3 saturated heterocycles. The van der Waals surface area contributed by atoms with Crippen molar-refractivity contribution >= 4 is 46.8 Å². The van der Waals surface area contributed by atoms with Crippen molar-refractivity contribution < 1.29 is 24.2 Å². The van der Waals surface area contributed by atoms with Gasteiger partial charge in [-0.25, -0.2) is 0 Å². The van der Waals surface area contributed by atoms with Crippen molar-refractivity contribution in [3.05, 3.63) is 41.9 Å². The number of anilines is 1. The van der Waals surface area contributed by atoms with Gasteiger partial charge < -0.3 is 19.6 Å². The molecule has 1 aromatic rings. The number of para-hydroxylation sites is 1. The van der Waals surface area contributed by atoms with Crippen LogP contribution in [0.4, 0.5) is 5.69 Å². The Kier molecular flexibility index (Phi) is 8.13. The molecule has 1 spiro atoms. The number of carbonyl (C=O) groups is 3. The lowest BCUT2D eigenvalue weighted by molar-refractivity contribution is -0.153. The molecule has 0 aliphatic carbocycles. The number of aliphatic hydroxyl groups is 1. The maximum Gasteiger partial charge on any atom is 0.310 e. The topological polar surface area (TPSA) is 87.2 Å². The Morgan fingerprint density at radius 1 is 1.34 bits per heavy atom. The molecule has 2 amide bonds. The molecule has 0 radical (unpaired) electrons. The Morgan fingerprint density at radius 3 is 2.80 bits per heavy atom. The van der Waals surface area contributed by atoms with Crippen LogP contribution in [-0.4, -0.2) is 70.1 Å². The Balaban J connectivity index is 1.73. The number of likely N-dealkylation sites (tertiary alicyclic amines) is 1. The van der Waals surface area contributed by atoms with E-state index in [1.807, 2.05) is 12.1 Å². The molecule has 2 bridgehead atoms. The summed E-state index contributed by atoms with van der Waals surface area (Å²) in [5.74, 6) is -1.79. The Morgan fingerprint density at radius 2 is 2.11 bits per heavy atom. The van der Waals surface area contributed by atoms with Gasteiger partial charge in [0.05, 0.1) is 33.9 Å². The number of esters is 1. The number of halogens is 1. The molecular weight excluding hydrogens is 488 g/mol. The quantitative estimate of drug-likeness (QED) is 0.272. The van der Waals surface area contributed by atoms with Crippen molar-refractivity contribution in [1.29, 1.82) is 0 Å². The van der Waals surface area contributed by atoms with Crippen LogP contribution in [0.15, 0.2) is 36.9 Å².